The molecule has 1 aliphatic carbocycles. The second-order valence-electron chi connectivity index (χ2n) is 8.02. The van der Waals surface area contributed by atoms with Crippen molar-refractivity contribution >= 4 is 5.91 Å². The van der Waals surface area contributed by atoms with E-state index in [0.29, 0.717) is 30.7 Å². The Labute approximate surface area is 155 Å². The minimum absolute atomic E-state index is 0.0211. The number of piperidine rings is 1. The van der Waals surface area contributed by atoms with E-state index in [1.165, 1.54) is 0 Å². The van der Waals surface area contributed by atoms with Crippen LogP contribution in [0.2, 0.25) is 0 Å². The number of nitriles is 3. The van der Waals surface area contributed by atoms with E-state index >= 15 is 0 Å². The number of likely N-dealkylation sites (tertiary alicyclic amines) is 1. The number of carbonyl (C=O) groups excluding carboxylic acids is 1. The summed E-state index contributed by atoms with van der Waals surface area (Å²) in [5.41, 5.74) is 1.86. The third-order valence-corrected chi connectivity index (χ3v) is 5.20. The summed E-state index contributed by atoms with van der Waals surface area (Å²) in [7, 11) is 3.55. The van der Waals surface area contributed by atoms with Gasteiger partial charge >= 0.3 is 0 Å². The minimum atomic E-state index is -0.125. The lowest BCUT2D eigenvalue weighted by atomic mass is 9.72. The maximum Gasteiger partial charge on any atom is 0.225 e. The average Bonchev–Trinajstić information content (AvgIpc) is 2.61. The first kappa shape index (κ1) is 19.5. The van der Waals surface area contributed by atoms with Crippen LogP contribution in [0.25, 0.3) is 0 Å². The van der Waals surface area contributed by atoms with Crippen molar-refractivity contribution in [2.75, 3.05) is 27.2 Å². The molecule has 0 saturated carbocycles. The normalized spacial score (nSPS) is 20.0. The number of carbonyl (C=O) groups is 1. The molecule has 136 valence electrons. The van der Waals surface area contributed by atoms with Crippen molar-refractivity contribution in [1.82, 2.24) is 9.80 Å². The average molecular weight is 351 g/mol. The fourth-order valence-corrected chi connectivity index (χ4v) is 3.88. The van der Waals surface area contributed by atoms with Crippen molar-refractivity contribution in [1.29, 1.82) is 15.8 Å². The third kappa shape index (κ3) is 3.89. The van der Waals surface area contributed by atoms with Gasteiger partial charge in [-0.1, -0.05) is 13.8 Å². The first-order valence-electron chi connectivity index (χ1n) is 8.87. The number of nitrogens with zero attached hydrogens (tertiary/aromatic N) is 5. The van der Waals surface area contributed by atoms with Crippen LogP contribution in [0.5, 0.6) is 0 Å². The molecule has 0 radical (unpaired) electrons. The van der Waals surface area contributed by atoms with E-state index in [-0.39, 0.29) is 22.8 Å². The highest BCUT2D eigenvalue weighted by Crippen LogP contribution is 2.44. The first-order chi connectivity index (χ1) is 12.2. The topological polar surface area (TPSA) is 94.9 Å². The Morgan fingerprint density at radius 2 is 1.69 bits per heavy atom. The van der Waals surface area contributed by atoms with E-state index in [4.69, 9.17) is 0 Å². The van der Waals surface area contributed by atoms with Crippen molar-refractivity contribution < 1.29 is 4.79 Å². The van der Waals surface area contributed by atoms with Gasteiger partial charge in [0.1, 0.15) is 23.8 Å². The lowest BCUT2D eigenvalue weighted by Crippen LogP contribution is -2.41. The summed E-state index contributed by atoms with van der Waals surface area (Å²) in [4.78, 5) is 16.0. The molecule has 26 heavy (non-hydrogen) atoms. The Morgan fingerprint density at radius 1 is 1.12 bits per heavy atom. The lowest BCUT2D eigenvalue weighted by Gasteiger charge is -2.41. The van der Waals surface area contributed by atoms with E-state index in [0.717, 1.165) is 25.0 Å². The van der Waals surface area contributed by atoms with E-state index in [9.17, 15) is 20.6 Å². The second-order valence-corrected chi connectivity index (χ2v) is 8.02. The number of amides is 1. The van der Waals surface area contributed by atoms with Crippen LogP contribution in [-0.4, -0.2) is 42.9 Å². The standard InChI is InChI=1S/C20H25N5O/c1-20(2)9-16(15(11-21)12-22)17(13-23)18(10-20)25-7-5-14(6-8-25)19(26)24(3)4/h14H,5-10H2,1-4H3. The van der Waals surface area contributed by atoms with Gasteiger partial charge < -0.3 is 9.80 Å². The third-order valence-electron chi connectivity index (χ3n) is 5.20. The first-order valence-corrected chi connectivity index (χ1v) is 8.87. The van der Waals surface area contributed by atoms with Crippen molar-refractivity contribution in [2.45, 2.75) is 39.5 Å². The molecule has 1 heterocycles. The fraction of sp³-hybridized carbons (Fsp3) is 0.600. The number of hydrogen-bond acceptors (Lipinski definition) is 5. The van der Waals surface area contributed by atoms with Gasteiger partial charge in [0, 0.05) is 44.4 Å². The van der Waals surface area contributed by atoms with Gasteiger partial charge in [0.15, 0.2) is 0 Å². The Kier molecular flexibility index (Phi) is 5.73. The van der Waals surface area contributed by atoms with Crippen molar-refractivity contribution in [3.63, 3.8) is 0 Å². The van der Waals surface area contributed by atoms with Crippen LogP contribution in [0.3, 0.4) is 0 Å². The van der Waals surface area contributed by atoms with Gasteiger partial charge in [0.2, 0.25) is 5.91 Å². The molecule has 2 aliphatic rings. The maximum absolute atomic E-state index is 12.2. The molecule has 0 bridgehead atoms. The smallest absolute Gasteiger partial charge is 0.225 e. The molecule has 0 atom stereocenters. The van der Waals surface area contributed by atoms with Gasteiger partial charge in [-0.15, -0.1) is 0 Å². The molecule has 1 aliphatic heterocycles. The molecular weight excluding hydrogens is 326 g/mol. The SMILES string of the molecule is CN(C)C(=O)C1CCN(C2=C(C#N)C(=C(C#N)C#N)CC(C)(C)C2)CC1. The number of allylic oxidation sites excluding steroid dienone is 4. The molecule has 0 aromatic carbocycles. The largest absolute Gasteiger partial charge is 0.374 e. The van der Waals surface area contributed by atoms with Gasteiger partial charge in [-0.25, -0.2) is 0 Å². The van der Waals surface area contributed by atoms with Gasteiger partial charge in [0.05, 0.1) is 5.57 Å². The van der Waals surface area contributed by atoms with Crippen LogP contribution in [0.4, 0.5) is 0 Å². The molecular formula is C20H25N5O. The zero-order valence-corrected chi connectivity index (χ0v) is 16.0. The number of rotatable bonds is 2. The quantitative estimate of drug-likeness (QED) is 0.713. The highest BCUT2D eigenvalue weighted by molar-refractivity contribution is 5.78. The van der Waals surface area contributed by atoms with Crippen LogP contribution in [0.15, 0.2) is 22.4 Å². The summed E-state index contributed by atoms with van der Waals surface area (Å²) in [5, 5.41) is 28.3. The van der Waals surface area contributed by atoms with Crippen molar-refractivity contribution in [3.8, 4) is 18.2 Å². The van der Waals surface area contributed by atoms with Gasteiger partial charge in [-0.3, -0.25) is 4.79 Å². The van der Waals surface area contributed by atoms with Crippen molar-refractivity contribution in [3.05, 3.63) is 22.4 Å². The highest BCUT2D eigenvalue weighted by atomic mass is 16.2. The molecule has 6 heteroatoms. The summed E-state index contributed by atoms with van der Waals surface area (Å²) in [5.74, 6) is 0.174. The molecule has 1 saturated heterocycles. The summed E-state index contributed by atoms with van der Waals surface area (Å²) in [6.45, 7) is 5.61. The summed E-state index contributed by atoms with van der Waals surface area (Å²) < 4.78 is 0. The minimum Gasteiger partial charge on any atom is -0.374 e. The molecule has 0 aromatic heterocycles. The van der Waals surface area contributed by atoms with Crippen LogP contribution in [0, 0.1) is 45.3 Å². The Bertz CT molecular complexity index is 758. The summed E-state index contributed by atoms with van der Waals surface area (Å²) >= 11 is 0. The lowest BCUT2D eigenvalue weighted by molar-refractivity contribution is -0.134. The Balaban J connectivity index is 2.37. The molecule has 1 amide bonds. The highest BCUT2D eigenvalue weighted by Gasteiger charge is 2.36. The van der Waals surface area contributed by atoms with Crippen LogP contribution in [-0.2, 0) is 4.79 Å². The predicted molar refractivity (Wildman–Crippen MR) is 96.9 cm³/mol. The van der Waals surface area contributed by atoms with Gasteiger partial charge in [-0.05, 0) is 31.1 Å². The van der Waals surface area contributed by atoms with E-state index in [2.05, 4.69) is 24.8 Å². The number of hydrogen-bond donors (Lipinski definition) is 0. The van der Waals surface area contributed by atoms with Gasteiger partial charge in [-0.2, -0.15) is 15.8 Å². The van der Waals surface area contributed by atoms with Crippen LogP contribution >= 0.6 is 0 Å². The Morgan fingerprint density at radius 3 is 2.15 bits per heavy atom. The van der Waals surface area contributed by atoms with Crippen molar-refractivity contribution in [2.24, 2.45) is 11.3 Å². The molecule has 0 aromatic rings. The summed E-state index contributed by atoms with van der Waals surface area (Å²) in [6.07, 6.45) is 2.78. The molecule has 6 nitrogen and oxygen atoms in total. The van der Waals surface area contributed by atoms with E-state index in [1.54, 1.807) is 19.0 Å². The van der Waals surface area contributed by atoms with E-state index < -0.39 is 0 Å². The van der Waals surface area contributed by atoms with Crippen LogP contribution < -0.4 is 0 Å². The molecule has 2 rings (SSSR count). The molecule has 0 unspecified atom stereocenters. The predicted octanol–water partition coefficient (Wildman–Crippen LogP) is 2.73. The maximum atomic E-state index is 12.2. The fourth-order valence-electron chi connectivity index (χ4n) is 3.88. The van der Waals surface area contributed by atoms with Crippen LogP contribution in [0.1, 0.15) is 39.5 Å². The monoisotopic (exact) mass is 351 g/mol. The second kappa shape index (κ2) is 7.63. The Hall–Kier alpha value is -2.78. The zero-order chi connectivity index (χ0) is 19.5. The van der Waals surface area contributed by atoms with Gasteiger partial charge in [0.25, 0.3) is 0 Å². The molecule has 0 spiro atoms. The zero-order valence-electron chi connectivity index (χ0n) is 16.0. The molecule has 0 N–H and O–H groups in total. The molecule has 1 fully saturated rings. The summed E-state index contributed by atoms with van der Waals surface area (Å²) in [6, 6.07) is 6.14. The van der Waals surface area contributed by atoms with E-state index in [1.807, 2.05) is 12.1 Å².